The molecule has 0 unspecified atom stereocenters. The van der Waals surface area contributed by atoms with E-state index in [0.29, 0.717) is 13.2 Å². The average Bonchev–Trinajstić information content (AvgIpc) is 2.02. The highest BCUT2D eigenvalue weighted by atomic mass is 35.5. The Morgan fingerprint density at radius 2 is 1.77 bits per heavy atom. The van der Waals surface area contributed by atoms with Gasteiger partial charge in [0.2, 0.25) is 0 Å². The first-order valence-electron chi connectivity index (χ1n) is 3.58. The smallest absolute Gasteiger partial charge is 0.0884 e. The Hall–Kier alpha value is -0.350. The van der Waals surface area contributed by atoms with Crippen LogP contribution in [-0.2, 0) is 10.3 Å². The van der Waals surface area contributed by atoms with Gasteiger partial charge in [0.1, 0.15) is 0 Å². The molecule has 0 atom stereocenters. The third-order valence-corrected chi connectivity index (χ3v) is 1.97. The van der Waals surface area contributed by atoms with Crippen LogP contribution in [-0.4, -0.2) is 18.2 Å². The molecule has 0 amide bonds. The summed E-state index contributed by atoms with van der Waals surface area (Å²) in [4.78, 5) is 3.92. The predicted octanol–water partition coefficient (Wildman–Crippen LogP) is 1.11. The summed E-state index contributed by atoms with van der Waals surface area (Å²) in [5, 5.41) is 0. The van der Waals surface area contributed by atoms with E-state index in [-0.39, 0.29) is 30.4 Å². The van der Waals surface area contributed by atoms with Crippen LogP contribution in [0.3, 0.4) is 0 Å². The van der Waals surface area contributed by atoms with Crippen molar-refractivity contribution < 1.29 is 4.74 Å². The SMILES string of the molecule is Cl.Cl.NC1(c2ccncc2)COC1. The summed E-state index contributed by atoms with van der Waals surface area (Å²) in [6.45, 7) is 1.24. The molecule has 1 aliphatic rings. The van der Waals surface area contributed by atoms with Crippen molar-refractivity contribution in [1.82, 2.24) is 4.98 Å². The summed E-state index contributed by atoms with van der Waals surface area (Å²) in [5.74, 6) is 0. The molecule has 74 valence electrons. The van der Waals surface area contributed by atoms with Crippen LogP contribution in [0.1, 0.15) is 5.56 Å². The second-order valence-electron chi connectivity index (χ2n) is 2.88. The van der Waals surface area contributed by atoms with Crippen LogP contribution in [0.5, 0.6) is 0 Å². The van der Waals surface area contributed by atoms with Crippen LogP contribution in [0.25, 0.3) is 0 Å². The second kappa shape index (κ2) is 4.77. The van der Waals surface area contributed by atoms with E-state index in [0.717, 1.165) is 5.56 Å². The topological polar surface area (TPSA) is 48.1 Å². The van der Waals surface area contributed by atoms with Crippen molar-refractivity contribution >= 4 is 24.8 Å². The van der Waals surface area contributed by atoms with Crippen LogP contribution < -0.4 is 5.73 Å². The van der Waals surface area contributed by atoms with Gasteiger partial charge in [-0.1, -0.05) is 0 Å². The van der Waals surface area contributed by atoms with Gasteiger partial charge in [-0.05, 0) is 17.7 Å². The number of halogens is 2. The van der Waals surface area contributed by atoms with E-state index in [1.54, 1.807) is 12.4 Å². The minimum atomic E-state index is -0.247. The number of pyridine rings is 1. The molecular formula is C8H12Cl2N2O. The first-order valence-corrected chi connectivity index (χ1v) is 3.58. The molecule has 1 aromatic heterocycles. The Morgan fingerprint density at radius 1 is 1.23 bits per heavy atom. The summed E-state index contributed by atoms with van der Waals surface area (Å²) in [6, 6.07) is 3.87. The van der Waals surface area contributed by atoms with Gasteiger partial charge in [0.05, 0.1) is 18.8 Å². The first kappa shape index (κ1) is 12.7. The number of nitrogens with two attached hydrogens (primary N) is 1. The third kappa shape index (κ3) is 2.31. The Bertz CT molecular complexity index is 252. The van der Waals surface area contributed by atoms with Crippen molar-refractivity contribution in [2.75, 3.05) is 13.2 Å². The molecule has 3 nitrogen and oxygen atoms in total. The maximum atomic E-state index is 5.97. The molecule has 1 aromatic rings. The predicted molar refractivity (Wildman–Crippen MR) is 55.4 cm³/mol. The van der Waals surface area contributed by atoms with Gasteiger partial charge in [-0.3, -0.25) is 4.98 Å². The van der Waals surface area contributed by atoms with E-state index in [9.17, 15) is 0 Å². The molecule has 1 saturated heterocycles. The van der Waals surface area contributed by atoms with Crippen molar-refractivity contribution in [3.8, 4) is 0 Å². The van der Waals surface area contributed by atoms with Crippen LogP contribution in [0.2, 0.25) is 0 Å². The fraction of sp³-hybridized carbons (Fsp3) is 0.375. The zero-order valence-electron chi connectivity index (χ0n) is 6.97. The van der Waals surface area contributed by atoms with E-state index in [4.69, 9.17) is 10.5 Å². The maximum Gasteiger partial charge on any atom is 0.0884 e. The van der Waals surface area contributed by atoms with E-state index >= 15 is 0 Å². The monoisotopic (exact) mass is 222 g/mol. The molecule has 5 heteroatoms. The number of aromatic nitrogens is 1. The Kier molecular flexibility index (Phi) is 4.64. The molecule has 0 radical (unpaired) electrons. The van der Waals surface area contributed by atoms with E-state index in [1.807, 2.05) is 12.1 Å². The molecule has 2 heterocycles. The van der Waals surface area contributed by atoms with Crippen molar-refractivity contribution in [2.45, 2.75) is 5.54 Å². The van der Waals surface area contributed by atoms with Crippen LogP contribution in [0, 0.1) is 0 Å². The summed E-state index contributed by atoms with van der Waals surface area (Å²) >= 11 is 0. The fourth-order valence-corrected chi connectivity index (χ4v) is 1.17. The molecule has 0 spiro atoms. The van der Waals surface area contributed by atoms with E-state index in [1.165, 1.54) is 0 Å². The minimum absolute atomic E-state index is 0. The largest absolute Gasteiger partial charge is 0.377 e. The molecule has 1 aliphatic heterocycles. The van der Waals surface area contributed by atoms with Crippen molar-refractivity contribution in [3.63, 3.8) is 0 Å². The minimum Gasteiger partial charge on any atom is -0.377 e. The van der Waals surface area contributed by atoms with Crippen molar-refractivity contribution in [3.05, 3.63) is 30.1 Å². The number of hydrogen-bond donors (Lipinski definition) is 1. The van der Waals surface area contributed by atoms with Gasteiger partial charge in [-0.15, -0.1) is 24.8 Å². The highest BCUT2D eigenvalue weighted by Gasteiger charge is 2.35. The Morgan fingerprint density at radius 3 is 2.15 bits per heavy atom. The van der Waals surface area contributed by atoms with Crippen molar-refractivity contribution in [2.24, 2.45) is 5.73 Å². The van der Waals surface area contributed by atoms with Gasteiger partial charge in [-0.25, -0.2) is 0 Å². The fourth-order valence-electron chi connectivity index (χ4n) is 1.17. The highest BCUT2D eigenvalue weighted by Crippen LogP contribution is 2.25. The number of ether oxygens (including phenoxy) is 1. The third-order valence-electron chi connectivity index (χ3n) is 1.97. The maximum absolute atomic E-state index is 5.97. The van der Waals surface area contributed by atoms with Gasteiger partial charge < -0.3 is 10.5 Å². The van der Waals surface area contributed by atoms with Gasteiger partial charge in [0, 0.05) is 12.4 Å². The molecule has 2 rings (SSSR count). The highest BCUT2D eigenvalue weighted by molar-refractivity contribution is 5.85. The molecular weight excluding hydrogens is 211 g/mol. The zero-order chi connectivity index (χ0) is 7.73. The Balaban J connectivity index is 0.000000720. The molecule has 1 fully saturated rings. The Labute approximate surface area is 89.5 Å². The lowest BCUT2D eigenvalue weighted by Crippen LogP contribution is -2.54. The average molecular weight is 223 g/mol. The standard InChI is InChI=1S/C8H10N2O.2ClH/c9-8(5-11-6-8)7-1-3-10-4-2-7;;/h1-4H,5-6,9H2;2*1H. The lowest BCUT2D eigenvalue weighted by Gasteiger charge is -2.37. The summed E-state index contributed by atoms with van der Waals surface area (Å²) in [5.41, 5.74) is 6.83. The zero-order valence-corrected chi connectivity index (χ0v) is 8.61. The quantitative estimate of drug-likeness (QED) is 0.775. The second-order valence-corrected chi connectivity index (χ2v) is 2.88. The molecule has 0 aliphatic carbocycles. The van der Waals surface area contributed by atoms with Crippen molar-refractivity contribution in [1.29, 1.82) is 0 Å². The molecule has 0 saturated carbocycles. The van der Waals surface area contributed by atoms with Gasteiger partial charge in [-0.2, -0.15) is 0 Å². The molecule has 2 N–H and O–H groups in total. The van der Waals surface area contributed by atoms with Gasteiger partial charge in [0.25, 0.3) is 0 Å². The van der Waals surface area contributed by atoms with Gasteiger partial charge in [0.15, 0.2) is 0 Å². The van der Waals surface area contributed by atoms with Crippen LogP contribution in [0.15, 0.2) is 24.5 Å². The number of hydrogen-bond acceptors (Lipinski definition) is 3. The first-order chi connectivity index (χ1) is 5.31. The van der Waals surface area contributed by atoms with E-state index in [2.05, 4.69) is 4.98 Å². The lowest BCUT2D eigenvalue weighted by molar-refractivity contribution is -0.0569. The molecule has 0 bridgehead atoms. The lowest BCUT2D eigenvalue weighted by atomic mass is 9.90. The van der Waals surface area contributed by atoms with Crippen LogP contribution in [0.4, 0.5) is 0 Å². The van der Waals surface area contributed by atoms with E-state index < -0.39 is 0 Å². The molecule has 13 heavy (non-hydrogen) atoms. The normalized spacial score (nSPS) is 17.6. The summed E-state index contributed by atoms with van der Waals surface area (Å²) in [6.07, 6.45) is 3.50. The summed E-state index contributed by atoms with van der Waals surface area (Å²) < 4.78 is 5.05. The molecule has 0 aromatic carbocycles. The van der Waals surface area contributed by atoms with Gasteiger partial charge >= 0.3 is 0 Å². The summed E-state index contributed by atoms with van der Waals surface area (Å²) in [7, 11) is 0. The number of nitrogens with zero attached hydrogens (tertiary/aromatic N) is 1. The number of rotatable bonds is 1. The van der Waals surface area contributed by atoms with Crippen LogP contribution >= 0.6 is 24.8 Å².